The van der Waals surface area contributed by atoms with Crippen molar-refractivity contribution in [2.24, 2.45) is 5.92 Å². The van der Waals surface area contributed by atoms with Gasteiger partial charge in [-0.15, -0.1) is 0 Å². The topological polar surface area (TPSA) is 106 Å². The van der Waals surface area contributed by atoms with E-state index < -0.39 is 51.1 Å². The molecule has 0 radical (unpaired) electrons. The van der Waals surface area contributed by atoms with E-state index in [1.807, 2.05) is 0 Å². The number of nitrogens with one attached hydrogen (secondary N) is 1. The van der Waals surface area contributed by atoms with Gasteiger partial charge in [0.2, 0.25) is 10.0 Å². The summed E-state index contributed by atoms with van der Waals surface area (Å²) in [5, 5.41) is 8.23. The van der Waals surface area contributed by atoms with Crippen molar-refractivity contribution in [3.05, 3.63) is 35.8 Å². The Hall–Kier alpha value is -1.85. The summed E-state index contributed by atoms with van der Waals surface area (Å²) in [4.78, 5) is 11.2. The fourth-order valence-corrected chi connectivity index (χ4v) is 4.97. The highest BCUT2D eigenvalue weighted by atomic mass is 32.2. The minimum atomic E-state index is -4.84. The van der Waals surface area contributed by atoms with Crippen LogP contribution in [0.1, 0.15) is 25.0 Å². The molecule has 3 rings (SSSR count). The van der Waals surface area contributed by atoms with Gasteiger partial charge in [0.1, 0.15) is 5.76 Å². The number of ether oxygens (including phenoxy) is 1. The highest BCUT2D eigenvalue weighted by Gasteiger charge is 2.51. The smallest absolute Gasteiger partial charge is 0.419 e. The second-order valence-corrected chi connectivity index (χ2v) is 8.61. The van der Waals surface area contributed by atoms with Crippen LogP contribution >= 0.6 is 0 Å². The van der Waals surface area contributed by atoms with Gasteiger partial charge in [0, 0.05) is 5.92 Å². The summed E-state index contributed by atoms with van der Waals surface area (Å²) >= 11 is 0. The van der Waals surface area contributed by atoms with E-state index in [4.69, 9.17) is 14.3 Å². The van der Waals surface area contributed by atoms with Crippen LogP contribution in [0.4, 0.5) is 13.2 Å². The Morgan fingerprint density at radius 2 is 2.07 bits per heavy atom. The molecular formula is C16H18F3NO6S. The molecule has 0 saturated heterocycles. The summed E-state index contributed by atoms with van der Waals surface area (Å²) in [5.41, 5.74) is -0.898. The van der Waals surface area contributed by atoms with Crippen molar-refractivity contribution in [1.29, 1.82) is 0 Å². The molecule has 2 N–H and O–H groups in total. The molecule has 150 valence electrons. The third-order valence-electron chi connectivity index (χ3n) is 4.78. The van der Waals surface area contributed by atoms with Crippen molar-refractivity contribution in [3.63, 3.8) is 0 Å². The third kappa shape index (κ3) is 4.36. The van der Waals surface area contributed by atoms with Crippen molar-refractivity contribution in [3.8, 4) is 0 Å². The minimum Gasteiger partial charge on any atom is -0.478 e. The van der Waals surface area contributed by atoms with E-state index in [0.717, 1.165) is 6.08 Å². The van der Waals surface area contributed by atoms with Gasteiger partial charge >= 0.3 is 12.1 Å². The van der Waals surface area contributed by atoms with Gasteiger partial charge in [-0.25, -0.2) is 17.9 Å². The molecule has 1 aromatic rings. The molecule has 0 amide bonds. The summed E-state index contributed by atoms with van der Waals surface area (Å²) < 4.78 is 76.6. The molecule has 27 heavy (non-hydrogen) atoms. The predicted octanol–water partition coefficient (Wildman–Crippen LogP) is 2.21. The number of carboxylic acids is 1. The standard InChI is InChI=1S/C16H18F3NO6S/c17-16(18,19)14-12(15(21)22)7-9-6-11(3-4-13(9)26-14)27(23,24)20-8-10-2-1-5-25-10/h1-2,5,7,9,11,13-14,20H,3-4,6,8H2,(H,21,22). The first-order chi connectivity index (χ1) is 12.6. The molecule has 0 aromatic carbocycles. The molecular weight excluding hydrogens is 391 g/mol. The lowest BCUT2D eigenvalue weighted by Gasteiger charge is -2.40. The van der Waals surface area contributed by atoms with E-state index in [0.29, 0.717) is 5.76 Å². The van der Waals surface area contributed by atoms with Gasteiger partial charge in [-0.1, -0.05) is 6.08 Å². The Balaban J connectivity index is 1.74. The number of hydrogen-bond donors (Lipinski definition) is 2. The Morgan fingerprint density at radius 3 is 2.67 bits per heavy atom. The summed E-state index contributed by atoms with van der Waals surface area (Å²) in [6.07, 6.45) is -5.60. The number of sulfonamides is 1. The molecule has 4 unspecified atom stereocenters. The molecule has 4 atom stereocenters. The fourth-order valence-electron chi connectivity index (χ4n) is 3.47. The SMILES string of the molecule is O=C(O)C1=CC2CC(S(=O)(=O)NCc3ccco3)CCC2OC1C(F)(F)F. The van der Waals surface area contributed by atoms with Gasteiger partial charge in [0.15, 0.2) is 6.10 Å². The van der Waals surface area contributed by atoms with Crippen LogP contribution in [0.15, 0.2) is 34.5 Å². The Labute approximate surface area is 153 Å². The first-order valence-electron chi connectivity index (χ1n) is 8.26. The molecule has 2 heterocycles. The Bertz CT molecular complexity index is 818. The van der Waals surface area contributed by atoms with Crippen molar-refractivity contribution in [2.75, 3.05) is 0 Å². The number of furan rings is 1. The molecule has 0 spiro atoms. The molecule has 1 aliphatic heterocycles. The summed E-state index contributed by atoms with van der Waals surface area (Å²) in [5.74, 6) is -2.01. The van der Waals surface area contributed by atoms with Crippen molar-refractivity contribution in [2.45, 2.75) is 49.4 Å². The highest BCUT2D eigenvalue weighted by molar-refractivity contribution is 7.90. The summed E-state index contributed by atoms with van der Waals surface area (Å²) in [6, 6.07) is 3.22. The second-order valence-electron chi connectivity index (χ2n) is 6.57. The van der Waals surface area contributed by atoms with E-state index in [-0.39, 0.29) is 25.8 Å². The number of hydrogen-bond acceptors (Lipinski definition) is 5. The van der Waals surface area contributed by atoms with Gasteiger partial charge in [-0.2, -0.15) is 13.2 Å². The molecule has 2 aliphatic rings. The van der Waals surface area contributed by atoms with Crippen LogP contribution in [-0.4, -0.2) is 43.1 Å². The zero-order valence-electron chi connectivity index (χ0n) is 14.0. The molecule has 1 aliphatic carbocycles. The Morgan fingerprint density at radius 1 is 1.33 bits per heavy atom. The maximum absolute atomic E-state index is 13.1. The van der Waals surface area contributed by atoms with Crippen LogP contribution in [0.3, 0.4) is 0 Å². The number of alkyl halides is 3. The molecule has 1 aromatic heterocycles. The van der Waals surface area contributed by atoms with Crippen LogP contribution in [0.25, 0.3) is 0 Å². The molecule has 1 fully saturated rings. The quantitative estimate of drug-likeness (QED) is 0.773. The van der Waals surface area contributed by atoms with E-state index in [2.05, 4.69) is 4.72 Å². The summed E-state index contributed by atoms with van der Waals surface area (Å²) in [6.45, 7) is -0.0389. The fraction of sp³-hybridized carbons (Fsp3) is 0.562. The number of carbonyl (C=O) groups is 1. The van der Waals surface area contributed by atoms with Gasteiger partial charge in [0.25, 0.3) is 0 Å². The second kappa shape index (κ2) is 7.28. The van der Waals surface area contributed by atoms with E-state index in [1.165, 1.54) is 6.26 Å². The monoisotopic (exact) mass is 409 g/mol. The Kier molecular flexibility index (Phi) is 5.37. The van der Waals surface area contributed by atoms with Crippen molar-refractivity contribution < 1.29 is 40.6 Å². The van der Waals surface area contributed by atoms with Crippen LogP contribution in [-0.2, 0) is 26.1 Å². The van der Waals surface area contributed by atoms with E-state index >= 15 is 0 Å². The zero-order chi connectivity index (χ0) is 19.8. The maximum atomic E-state index is 13.1. The number of halogens is 3. The van der Waals surface area contributed by atoms with Crippen LogP contribution in [0.5, 0.6) is 0 Å². The molecule has 11 heteroatoms. The predicted molar refractivity (Wildman–Crippen MR) is 86.0 cm³/mol. The van der Waals surface area contributed by atoms with E-state index in [1.54, 1.807) is 12.1 Å². The number of aliphatic carboxylic acids is 1. The van der Waals surface area contributed by atoms with Gasteiger partial charge < -0.3 is 14.3 Å². The first kappa shape index (κ1) is 19.9. The lowest BCUT2D eigenvalue weighted by molar-refractivity contribution is -0.232. The first-order valence-corrected chi connectivity index (χ1v) is 9.80. The number of fused-ring (bicyclic) bond motifs is 1. The number of rotatable bonds is 5. The largest absolute Gasteiger partial charge is 0.478 e. The average Bonchev–Trinajstić information content (AvgIpc) is 3.11. The lowest BCUT2D eigenvalue weighted by atomic mass is 9.82. The van der Waals surface area contributed by atoms with Gasteiger partial charge in [-0.05, 0) is 31.4 Å². The zero-order valence-corrected chi connectivity index (χ0v) is 14.8. The highest BCUT2D eigenvalue weighted by Crippen LogP contribution is 2.41. The molecule has 7 nitrogen and oxygen atoms in total. The maximum Gasteiger partial charge on any atom is 0.419 e. The van der Waals surface area contributed by atoms with Gasteiger partial charge in [-0.3, -0.25) is 0 Å². The molecule has 0 bridgehead atoms. The van der Waals surface area contributed by atoms with Crippen LogP contribution in [0.2, 0.25) is 0 Å². The lowest BCUT2D eigenvalue weighted by Crippen LogP contribution is -2.49. The van der Waals surface area contributed by atoms with Crippen LogP contribution < -0.4 is 4.72 Å². The normalized spacial score (nSPS) is 29.1. The van der Waals surface area contributed by atoms with Crippen LogP contribution in [0, 0.1) is 5.92 Å². The number of carboxylic acid groups (broad SMARTS) is 1. The van der Waals surface area contributed by atoms with Crippen molar-refractivity contribution >= 4 is 16.0 Å². The minimum absolute atomic E-state index is 0.0144. The summed E-state index contributed by atoms with van der Waals surface area (Å²) in [7, 11) is -3.75. The average molecular weight is 409 g/mol. The molecule has 1 saturated carbocycles. The third-order valence-corrected chi connectivity index (χ3v) is 6.64. The van der Waals surface area contributed by atoms with Crippen molar-refractivity contribution in [1.82, 2.24) is 4.72 Å². The van der Waals surface area contributed by atoms with Gasteiger partial charge in [0.05, 0.1) is 29.7 Å². The van der Waals surface area contributed by atoms with E-state index in [9.17, 15) is 26.4 Å².